The van der Waals surface area contributed by atoms with Crippen LogP contribution in [-0.2, 0) is 10.0 Å². The van der Waals surface area contributed by atoms with Crippen LogP contribution in [0, 0.1) is 0 Å². The minimum absolute atomic E-state index is 0.144. The van der Waals surface area contributed by atoms with Gasteiger partial charge in [-0.2, -0.15) is 4.31 Å². The molecule has 1 aliphatic rings. The first-order valence-electron chi connectivity index (χ1n) is 5.27. The summed E-state index contributed by atoms with van der Waals surface area (Å²) < 4.78 is 32.4. The number of ether oxygens (including phenoxy) is 1. The monoisotopic (exact) mass is 339 g/mol. The van der Waals surface area contributed by atoms with Gasteiger partial charge in [-0.3, -0.25) is 0 Å². The van der Waals surface area contributed by atoms with E-state index >= 15 is 0 Å². The summed E-state index contributed by atoms with van der Waals surface area (Å²) in [6, 6.07) is 0.144. The normalized spacial score (nSPS) is 17.2. The highest BCUT2D eigenvalue weighted by Gasteiger charge is 2.35. The lowest BCUT2D eigenvalue weighted by molar-refractivity contribution is 0.249. The van der Waals surface area contributed by atoms with E-state index in [0.29, 0.717) is 10.2 Å². The molecule has 1 fully saturated rings. The van der Waals surface area contributed by atoms with Crippen LogP contribution in [-0.4, -0.2) is 32.9 Å². The van der Waals surface area contributed by atoms with Crippen molar-refractivity contribution in [3.63, 3.8) is 0 Å². The number of rotatable bonds is 4. The van der Waals surface area contributed by atoms with Gasteiger partial charge in [-0.05, 0) is 28.8 Å². The number of hydrogen-bond donors (Lipinski definition) is 0. The summed E-state index contributed by atoms with van der Waals surface area (Å²) in [5, 5.41) is 1.74. The summed E-state index contributed by atoms with van der Waals surface area (Å²) in [5.74, 6) is 0.404. The SMILES string of the molecule is COc1c(Br)csc1S(=O)(=O)N(C)C1CCC1. The molecule has 0 saturated heterocycles. The number of halogens is 1. The Morgan fingerprint density at radius 2 is 2.18 bits per heavy atom. The number of hydrogen-bond acceptors (Lipinski definition) is 4. The third-order valence-electron chi connectivity index (χ3n) is 3.08. The fourth-order valence-corrected chi connectivity index (χ4v) is 5.54. The van der Waals surface area contributed by atoms with Crippen LogP contribution < -0.4 is 4.74 Å². The van der Waals surface area contributed by atoms with E-state index in [1.54, 1.807) is 12.4 Å². The van der Waals surface area contributed by atoms with Gasteiger partial charge in [0.25, 0.3) is 10.0 Å². The van der Waals surface area contributed by atoms with Crippen molar-refractivity contribution in [2.24, 2.45) is 0 Å². The first-order chi connectivity index (χ1) is 7.98. The van der Waals surface area contributed by atoms with Gasteiger partial charge in [0.2, 0.25) is 0 Å². The molecule has 7 heteroatoms. The van der Waals surface area contributed by atoms with Crippen LogP contribution in [0.1, 0.15) is 19.3 Å². The molecule has 1 aliphatic carbocycles. The minimum Gasteiger partial charge on any atom is -0.493 e. The van der Waals surface area contributed by atoms with E-state index in [9.17, 15) is 8.42 Å². The molecule has 1 aromatic heterocycles. The van der Waals surface area contributed by atoms with Crippen LogP contribution in [0.2, 0.25) is 0 Å². The zero-order chi connectivity index (χ0) is 12.6. The maximum atomic E-state index is 12.4. The van der Waals surface area contributed by atoms with E-state index in [2.05, 4.69) is 15.9 Å². The number of nitrogens with zero attached hydrogens (tertiary/aromatic N) is 1. The van der Waals surface area contributed by atoms with Gasteiger partial charge >= 0.3 is 0 Å². The lowest BCUT2D eigenvalue weighted by Crippen LogP contribution is -2.41. The van der Waals surface area contributed by atoms with Crippen LogP contribution in [0.4, 0.5) is 0 Å². The van der Waals surface area contributed by atoms with Crippen molar-refractivity contribution >= 4 is 37.3 Å². The quantitative estimate of drug-likeness (QED) is 0.847. The molecule has 96 valence electrons. The van der Waals surface area contributed by atoms with Gasteiger partial charge in [0.05, 0.1) is 11.6 Å². The van der Waals surface area contributed by atoms with Crippen molar-refractivity contribution in [1.82, 2.24) is 4.31 Å². The van der Waals surface area contributed by atoms with E-state index < -0.39 is 10.0 Å². The fraction of sp³-hybridized carbons (Fsp3) is 0.600. The van der Waals surface area contributed by atoms with E-state index in [4.69, 9.17) is 4.74 Å². The Labute approximate surface area is 114 Å². The van der Waals surface area contributed by atoms with Gasteiger partial charge in [0.15, 0.2) is 9.96 Å². The molecule has 2 rings (SSSR count). The average molecular weight is 340 g/mol. The lowest BCUT2D eigenvalue weighted by atomic mass is 9.94. The highest BCUT2D eigenvalue weighted by Crippen LogP contribution is 2.40. The molecule has 1 saturated carbocycles. The third kappa shape index (κ3) is 2.25. The predicted molar refractivity (Wildman–Crippen MR) is 71.2 cm³/mol. The van der Waals surface area contributed by atoms with E-state index in [0.717, 1.165) is 19.3 Å². The average Bonchev–Trinajstić information content (AvgIpc) is 2.57. The van der Waals surface area contributed by atoms with Gasteiger partial charge in [0, 0.05) is 18.5 Å². The molecule has 0 unspecified atom stereocenters. The van der Waals surface area contributed by atoms with E-state index in [1.807, 2.05) is 0 Å². The van der Waals surface area contributed by atoms with Crippen molar-refractivity contribution in [3.05, 3.63) is 9.85 Å². The molecule has 0 spiro atoms. The Bertz CT molecular complexity index is 508. The largest absolute Gasteiger partial charge is 0.493 e. The Balaban J connectivity index is 2.36. The standard InChI is InChI=1S/C10H14BrNO3S2/c1-12(7-4-3-5-7)17(13,14)10-9(15-2)8(11)6-16-10/h6-7H,3-5H2,1-2H3. The number of methoxy groups -OCH3 is 1. The lowest BCUT2D eigenvalue weighted by Gasteiger charge is -2.33. The summed E-state index contributed by atoms with van der Waals surface area (Å²) in [7, 11) is -0.298. The van der Waals surface area contributed by atoms with Crippen molar-refractivity contribution in [1.29, 1.82) is 0 Å². The molecule has 1 aromatic rings. The summed E-state index contributed by atoms with van der Waals surface area (Å²) in [6.45, 7) is 0. The van der Waals surface area contributed by atoms with Gasteiger partial charge < -0.3 is 4.74 Å². The summed E-state index contributed by atoms with van der Waals surface area (Å²) in [5.41, 5.74) is 0. The zero-order valence-electron chi connectivity index (χ0n) is 9.64. The second-order valence-corrected chi connectivity index (χ2v) is 7.94. The van der Waals surface area contributed by atoms with Crippen molar-refractivity contribution in [2.45, 2.75) is 29.5 Å². The van der Waals surface area contributed by atoms with E-state index in [-0.39, 0.29) is 10.3 Å². The molecule has 17 heavy (non-hydrogen) atoms. The topological polar surface area (TPSA) is 46.6 Å². The maximum Gasteiger partial charge on any atom is 0.256 e. The smallest absolute Gasteiger partial charge is 0.256 e. The zero-order valence-corrected chi connectivity index (χ0v) is 12.9. The molecule has 0 radical (unpaired) electrons. The van der Waals surface area contributed by atoms with Crippen LogP contribution >= 0.6 is 27.3 Å². The summed E-state index contributed by atoms with van der Waals surface area (Å²) in [4.78, 5) is 0. The molecule has 0 atom stereocenters. The molecule has 0 aliphatic heterocycles. The van der Waals surface area contributed by atoms with Crippen LogP contribution in [0.25, 0.3) is 0 Å². The first kappa shape index (κ1) is 13.3. The Morgan fingerprint density at radius 3 is 2.65 bits per heavy atom. The van der Waals surface area contributed by atoms with Crippen LogP contribution in [0.15, 0.2) is 14.1 Å². The van der Waals surface area contributed by atoms with Crippen LogP contribution in [0.3, 0.4) is 0 Å². The summed E-state index contributed by atoms with van der Waals surface area (Å²) in [6.07, 6.45) is 3.00. The highest BCUT2D eigenvalue weighted by molar-refractivity contribution is 9.10. The third-order valence-corrected chi connectivity index (χ3v) is 7.35. The van der Waals surface area contributed by atoms with Crippen LogP contribution in [0.5, 0.6) is 5.75 Å². The fourth-order valence-electron chi connectivity index (χ4n) is 1.75. The van der Waals surface area contributed by atoms with Crippen molar-refractivity contribution < 1.29 is 13.2 Å². The molecule has 1 heterocycles. The minimum atomic E-state index is -3.42. The second-order valence-electron chi connectivity index (χ2n) is 4.01. The molecular weight excluding hydrogens is 326 g/mol. The number of thiophene rings is 1. The van der Waals surface area contributed by atoms with E-state index in [1.165, 1.54) is 22.8 Å². The Kier molecular flexibility index (Phi) is 3.82. The molecule has 0 N–H and O–H groups in total. The highest BCUT2D eigenvalue weighted by atomic mass is 79.9. The molecule has 0 aromatic carbocycles. The molecule has 0 amide bonds. The Hall–Kier alpha value is -0.110. The summed E-state index contributed by atoms with van der Waals surface area (Å²) >= 11 is 4.48. The van der Waals surface area contributed by atoms with Gasteiger partial charge in [0.1, 0.15) is 0 Å². The first-order valence-corrected chi connectivity index (χ1v) is 8.38. The number of sulfonamides is 1. The van der Waals surface area contributed by atoms with Crippen molar-refractivity contribution in [2.75, 3.05) is 14.2 Å². The maximum absolute atomic E-state index is 12.4. The second kappa shape index (κ2) is 4.87. The van der Waals surface area contributed by atoms with Gasteiger partial charge in [-0.15, -0.1) is 11.3 Å². The predicted octanol–water partition coefficient (Wildman–Crippen LogP) is 2.69. The molecular formula is C10H14BrNO3S2. The van der Waals surface area contributed by atoms with Gasteiger partial charge in [-0.25, -0.2) is 8.42 Å². The van der Waals surface area contributed by atoms with Gasteiger partial charge in [-0.1, -0.05) is 6.42 Å². The molecule has 4 nitrogen and oxygen atoms in total. The van der Waals surface area contributed by atoms with Crippen molar-refractivity contribution in [3.8, 4) is 5.75 Å². The Morgan fingerprint density at radius 1 is 1.53 bits per heavy atom. The molecule has 0 bridgehead atoms.